The standard InChI is InChI=1S/C24H18Cl2F2O4/c1-30-21-11-9-15(12-17(21)14-31-22-7-3-6-19(25)23(22)26)8-10-20(29)16-4-2-5-18(13-16)32-24(27)28/h2-13,24H,14H2,1H3/b10-8+. The van der Waals surface area contributed by atoms with Gasteiger partial charge in [0.25, 0.3) is 0 Å². The topological polar surface area (TPSA) is 44.8 Å². The van der Waals surface area contributed by atoms with Crippen LogP contribution in [0.2, 0.25) is 10.0 Å². The average Bonchev–Trinajstić information content (AvgIpc) is 2.78. The first-order valence-electron chi connectivity index (χ1n) is 9.38. The van der Waals surface area contributed by atoms with Crippen molar-refractivity contribution >= 4 is 35.1 Å². The molecule has 0 unspecified atom stereocenters. The molecule has 0 fully saturated rings. The number of benzene rings is 3. The second kappa shape index (κ2) is 11.0. The number of alkyl halides is 2. The van der Waals surface area contributed by atoms with Crippen molar-refractivity contribution in [3.05, 3.63) is 93.5 Å². The molecule has 0 amide bonds. The lowest BCUT2D eigenvalue weighted by Gasteiger charge is -2.12. The number of ketones is 1. The zero-order chi connectivity index (χ0) is 23.1. The van der Waals surface area contributed by atoms with Gasteiger partial charge in [0, 0.05) is 11.1 Å². The molecule has 32 heavy (non-hydrogen) atoms. The molecule has 0 radical (unpaired) electrons. The number of hydrogen-bond acceptors (Lipinski definition) is 4. The highest BCUT2D eigenvalue weighted by Crippen LogP contribution is 2.32. The van der Waals surface area contributed by atoms with Crippen molar-refractivity contribution in [1.82, 2.24) is 0 Å². The summed E-state index contributed by atoms with van der Waals surface area (Å²) in [5.41, 5.74) is 1.67. The van der Waals surface area contributed by atoms with Gasteiger partial charge in [-0.05, 0) is 48.0 Å². The maximum atomic E-state index is 12.4. The zero-order valence-electron chi connectivity index (χ0n) is 16.9. The van der Waals surface area contributed by atoms with Gasteiger partial charge in [-0.2, -0.15) is 8.78 Å². The fraction of sp³-hybridized carbons (Fsp3) is 0.125. The minimum absolute atomic E-state index is 0.0807. The number of hydrogen-bond donors (Lipinski definition) is 0. The van der Waals surface area contributed by atoms with E-state index in [4.69, 9.17) is 32.7 Å². The molecule has 0 aromatic heterocycles. The predicted molar refractivity (Wildman–Crippen MR) is 120 cm³/mol. The van der Waals surface area contributed by atoms with E-state index in [2.05, 4.69) is 4.74 Å². The van der Waals surface area contributed by atoms with Crippen molar-refractivity contribution in [2.75, 3.05) is 7.11 Å². The Balaban J connectivity index is 1.75. The molecule has 3 aromatic rings. The largest absolute Gasteiger partial charge is 0.496 e. The number of rotatable bonds is 9. The number of carbonyl (C=O) groups excluding carboxylic acids is 1. The Hall–Kier alpha value is -3.09. The molecule has 0 heterocycles. The van der Waals surface area contributed by atoms with E-state index in [9.17, 15) is 13.6 Å². The second-order valence-corrected chi connectivity index (χ2v) is 7.30. The Kier molecular flexibility index (Phi) is 8.09. The Morgan fingerprint density at radius 3 is 2.56 bits per heavy atom. The molecule has 0 saturated carbocycles. The molecule has 0 N–H and O–H groups in total. The summed E-state index contributed by atoms with van der Waals surface area (Å²) < 4.78 is 40.2. The number of methoxy groups -OCH3 is 1. The number of carbonyl (C=O) groups is 1. The summed E-state index contributed by atoms with van der Waals surface area (Å²) in [7, 11) is 1.54. The Morgan fingerprint density at radius 1 is 1.03 bits per heavy atom. The first kappa shape index (κ1) is 23.6. The highest BCUT2D eigenvalue weighted by Gasteiger charge is 2.10. The first-order chi connectivity index (χ1) is 15.4. The van der Waals surface area contributed by atoms with Crippen LogP contribution in [0.15, 0.2) is 66.7 Å². The van der Waals surface area contributed by atoms with Gasteiger partial charge >= 0.3 is 6.61 Å². The highest BCUT2D eigenvalue weighted by molar-refractivity contribution is 6.42. The molecule has 0 bridgehead atoms. The normalized spacial score (nSPS) is 11.1. The van der Waals surface area contributed by atoms with Gasteiger partial charge in [-0.1, -0.05) is 53.5 Å². The Labute approximate surface area is 193 Å². The molecule has 0 aliphatic rings. The lowest BCUT2D eigenvalue weighted by Crippen LogP contribution is -2.03. The van der Waals surface area contributed by atoms with E-state index in [-0.39, 0.29) is 23.7 Å². The van der Waals surface area contributed by atoms with E-state index >= 15 is 0 Å². The van der Waals surface area contributed by atoms with Crippen LogP contribution >= 0.6 is 23.2 Å². The van der Waals surface area contributed by atoms with Gasteiger partial charge in [0.15, 0.2) is 5.78 Å². The molecule has 3 rings (SSSR count). The zero-order valence-corrected chi connectivity index (χ0v) is 18.4. The number of halogens is 4. The fourth-order valence-corrected chi connectivity index (χ4v) is 3.21. The van der Waals surface area contributed by atoms with Crippen LogP contribution in [-0.2, 0) is 6.61 Å². The second-order valence-electron chi connectivity index (χ2n) is 6.52. The van der Waals surface area contributed by atoms with Crippen LogP contribution in [0.5, 0.6) is 17.2 Å². The maximum absolute atomic E-state index is 12.4. The molecule has 0 atom stereocenters. The van der Waals surface area contributed by atoms with Gasteiger partial charge < -0.3 is 14.2 Å². The third kappa shape index (κ3) is 6.22. The van der Waals surface area contributed by atoms with Crippen LogP contribution in [0, 0.1) is 0 Å². The van der Waals surface area contributed by atoms with E-state index in [0.717, 1.165) is 11.1 Å². The van der Waals surface area contributed by atoms with Crippen LogP contribution in [0.25, 0.3) is 6.08 Å². The van der Waals surface area contributed by atoms with Gasteiger partial charge in [-0.25, -0.2) is 0 Å². The molecular weight excluding hydrogens is 461 g/mol. The van der Waals surface area contributed by atoms with Crippen LogP contribution < -0.4 is 14.2 Å². The summed E-state index contributed by atoms with van der Waals surface area (Å²) in [5, 5.41) is 0.696. The number of ether oxygens (including phenoxy) is 3. The Bertz CT molecular complexity index is 1130. The lowest BCUT2D eigenvalue weighted by atomic mass is 10.1. The quantitative estimate of drug-likeness (QED) is 0.243. The van der Waals surface area contributed by atoms with E-state index in [0.29, 0.717) is 21.5 Å². The van der Waals surface area contributed by atoms with Crippen LogP contribution in [0.1, 0.15) is 21.5 Å². The van der Waals surface area contributed by atoms with Crippen molar-refractivity contribution in [2.24, 2.45) is 0 Å². The number of allylic oxidation sites excluding steroid dienone is 1. The SMILES string of the molecule is COc1ccc(/C=C/C(=O)c2cccc(OC(F)F)c2)cc1COc1cccc(Cl)c1Cl. The molecule has 8 heteroatoms. The first-order valence-corrected chi connectivity index (χ1v) is 10.1. The summed E-state index contributed by atoms with van der Waals surface area (Å²) in [6.45, 7) is -2.80. The minimum Gasteiger partial charge on any atom is -0.496 e. The van der Waals surface area contributed by atoms with Crippen LogP contribution in [0.4, 0.5) is 8.78 Å². The summed E-state index contributed by atoms with van der Waals surface area (Å²) >= 11 is 12.2. The van der Waals surface area contributed by atoms with E-state index in [1.165, 1.54) is 30.3 Å². The van der Waals surface area contributed by atoms with Gasteiger partial charge in [-0.3, -0.25) is 4.79 Å². The maximum Gasteiger partial charge on any atom is 0.387 e. The van der Waals surface area contributed by atoms with Crippen LogP contribution in [0.3, 0.4) is 0 Å². The molecule has 0 spiro atoms. The van der Waals surface area contributed by atoms with Crippen molar-refractivity contribution in [1.29, 1.82) is 0 Å². The molecule has 4 nitrogen and oxygen atoms in total. The molecule has 3 aromatic carbocycles. The van der Waals surface area contributed by atoms with Crippen molar-refractivity contribution in [3.8, 4) is 17.2 Å². The molecule has 0 aliphatic carbocycles. The van der Waals surface area contributed by atoms with E-state index in [1.54, 1.807) is 49.6 Å². The predicted octanol–water partition coefficient (Wildman–Crippen LogP) is 7.08. The Morgan fingerprint density at radius 2 is 1.81 bits per heavy atom. The highest BCUT2D eigenvalue weighted by atomic mass is 35.5. The van der Waals surface area contributed by atoms with Crippen molar-refractivity contribution < 1.29 is 27.8 Å². The third-order valence-corrected chi connectivity index (χ3v) is 5.18. The lowest BCUT2D eigenvalue weighted by molar-refractivity contribution is -0.0498. The van der Waals surface area contributed by atoms with Crippen LogP contribution in [-0.4, -0.2) is 19.5 Å². The summed E-state index contributed by atoms with van der Waals surface area (Å²) in [5.74, 6) is 0.596. The molecule has 0 aliphatic heterocycles. The van der Waals surface area contributed by atoms with E-state index < -0.39 is 6.61 Å². The van der Waals surface area contributed by atoms with E-state index in [1.807, 2.05) is 0 Å². The average molecular weight is 479 g/mol. The van der Waals surface area contributed by atoms with Gasteiger partial charge in [-0.15, -0.1) is 0 Å². The monoisotopic (exact) mass is 478 g/mol. The van der Waals surface area contributed by atoms with Gasteiger partial charge in [0.1, 0.15) is 28.9 Å². The summed E-state index contributed by atoms with van der Waals surface area (Å²) in [6, 6.07) is 16.0. The molecule has 0 saturated heterocycles. The molecular formula is C24H18Cl2F2O4. The summed E-state index contributed by atoms with van der Waals surface area (Å²) in [4.78, 5) is 12.4. The third-order valence-electron chi connectivity index (χ3n) is 4.37. The van der Waals surface area contributed by atoms with Crippen molar-refractivity contribution in [3.63, 3.8) is 0 Å². The summed E-state index contributed by atoms with van der Waals surface area (Å²) in [6.07, 6.45) is 2.96. The van der Waals surface area contributed by atoms with Crippen molar-refractivity contribution in [2.45, 2.75) is 13.2 Å². The molecule has 166 valence electrons. The van der Waals surface area contributed by atoms with Gasteiger partial charge in [0.05, 0.1) is 12.1 Å². The fourth-order valence-electron chi connectivity index (χ4n) is 2.86. The minimum atomic E-state index is -2.96. The van der Waals surface area contributed by atoms with Gasteiger partial charge in [0.2, 0.25) is 0 Å². The smallest absolute Gasteiger partial charge is 0.387 e.